The molecule has 12 heavy (non-hydrogen) atoms. The molecule has 1 aliphatic carbocycles. The number of allylic oxidation sites excluding steroid dienone is 2. The van der Waals surface area contributed by atoms with Crippen molar-refractivity contribution in [3.05, 3.63) is 12.2 Å². The summed E-state index contributed by atoms with van der Waals surface area (Å²) in [6.45, 7) is 0. The Balaban J connectivity index is 0.000000330. The van der Waals surface area contributed by atoms with Gasteiger partial charge >= 0.3 is 11.9 Å². The van der Waals surface area contributed by atoms with Crippen LogP contribution < -0.4 is 0 Å². The molecule has 1 aliphatic rings. The van der Waals surface area contributed by atoms with Crippen LogP contribution in [0.3, 0.4) is 0 Å². The maximum atomic E-state index is 10.2. The van der Waals surface area contributed by atoms with Crippen LogP contribution in [-0.2, 0) is 14.3 Å². The van der Waals surface area contributed by atoms with E-state index < -0.39 is 11.9 Å². The van der Waals surface area contributed by atoms with Gasteiger partial charge in [-0.05, 0) is 6.42 Å². The van der Waals surface area contributed by atoms with Gasteiger partial charge in [0.2, 0.25) is 0 Å². The highest BCUT2D eigenvalue weighted by molar-refractivity contribution is 5.76. The van der Waals surface area contributed by atoms with Crippen molar-refractivity contribution in [3.63, 3.8) is 0 Å². The Morgan fingerprint density at radius 1 is 1.42 bits per heavy atom. The van der Waals surface area contributed by atoms with E-state index in [9.17, 15) is 9.59 Å². The topological polar surface area (TPSA) is 63.6 Å². The second kappa shape index (κ2) is 6.39. The molecule has 0 saturated heterocycles. The highest BCUT2D eigenvalue weighted by Crippen LogP contribution is 1.96. The maximum absolute atomic E-state index is 10.2. The first-order chi connectivity index (χ1) is 5.66. The number of ether oxygens (including phenoxy) is 1. The summed E-state index contributed by atoms with van der Waals surface area (Å²) in [5.74, 6) is -1.47. The average Bonchev–Trinajstić information content (AvgIpc) is 2.85. The molecule has 0 bridgehead atoms. The molecule has 0 heterocycles. The van der Waals surface area contributed by atoms with Gasteiger partial charge in [0, 0.05) is 0 Å². The zero-order valence-electron chi connectivity index (χ0n) is 6.95. The van der Waals surface area contributed by atoms with Crippen molar-refractivity contribution in [2.45, 2.75) is 19.3 Å². The Morgan fingerprint density at radius 2 is 1.92 bits per heavy atom. The van der Waals surface area contributed by atoms with Gasteiger partial charge < -0.3 is 9.84 Å². The Kier molecular flexibility index (Phi) is 5.69. The highest BCUT2D eigenvalue weighted by atomic mass is 16.5. The van der Waals surface area contributed by atoms with Crippen LogP contribution in [0.1, 0.15) is 19.3 Å². The third-order valence-electron chi connectivity index (χ3n) is 1.01. The molecule has 0 aromatic heterocycles. The van der Waals surface area contributed by atoms with Crippen LogP contribution in [0.2, 0.25) is 0 Å². The van der Waals surface area contributed by atoms with Crippen LogP contribution >= 0.6 is 0 Å². The third-order valence-corrected chi connectivity index (χ3v) is 1.01. The minimum absolute atomic E-state index is 0.0498. The lowest BCUT2D eigenvalue weighted by Crippen LogP contribution is -2.04. The molecule has 0 unspecified atom stereocenters. The first-order valence-corrected chi connectivity index (χ1v) is 3.60. The van der Waals surface area contributed by atoms with E-state index in [0.717, 1.165) is 0 Å². The van der Waals surface area contributed by atoms with E-state index in [-0.39, 0.29) is 12.8 Å². The predicted octanol–water partition coefficient (Wildman–Crippen LogP) is 0.970. The SMILES string of the molecule is C1=CC1.COC(=O)CCC(=O)O. The van der Waals surface area contributed by atoms with Crippen molar-refractivity contribution in [2.75, 3.05) is 7.11 Å². The molecule has 4 nitrogen and oxygen atoms in total. The predicted molar refractivity (Wildman–Crippen MR) is 42.6 cm³/mol. The largest absolute Gasteiger partial charge is 0.481 e. The fraction of sp³-hybridized carbons (Fsp3) is 0.500. The summed E-state index contributed by atoms with van der Waals surface area (Å²) in [7, 11) is 1.23. The van der Waals surface area contributed by atoms with Crippen molar-refractivity contribution in [3.8, 4) is 0 Å². The van der Waals surface area contributed by atoms with Crippen LogP contribution in [0.5, 0.6) is 0 Å². The molecule has 0 atom stereocenters. The number of carbonyl (C=O) groups excluding carboxylic acids is 1. The number of carboxylic acid groups (broad SMARTS) is 1. The van der Waals surface area contributed by atoms with Crippen molar-refractivity contribution >= 4 is 11.9 Å². The molecule has 68 valence electrons. The summed E-state index contributed by atoms with van der Waals surface area (Å²) in [5.41, 5.74) is 0. The van der Waals surface area contributed by atoms with Gasteiger partial charge in [0.15, 0.2) is 0 Å². The lowest BCUT2D eigenvalue weighted by atomic mass is 10.3. The molecule has 1 rings (SSSR count). The molecule has 0 fully saturated rings. The van der Waals surface area contributed by atoms with Crippen LogP contribution in [0, 0.1) is 0 Å². The summed E-state index contributed by atoms with van der Waals surface area (Å²) < 4.78 is 4.20. The first kappa shape index (κ1) is 10.7. The van der Waals surface area contributed by atoms with Gasteiger partial charge in [-0.25, -0.2) is 0 Å². The number of hydrogen-bond acceptors (Lipinski definition) is 3. The Morgan fingerprint density at radius 3 is 2.17 bits per heavy atom. The number of carbonyl (C=O) groups is 2. The number of aliphatic carboxylic acids is 1. The molecular weight excluding hydrogens is 160 g/mol. The average molecular weight is 172 g/mol. The van der Waals surface area contributed by atoms with E-state index >= 15 is 0 Å². The van der Waals surface area contributed by atoms with Crippen LogP contribution in [-0.4, -0.2) is 24.2 Å². The Hall–Kier alpha value is -1.32. The second-order valence-corrected chi connectivity index (χ2v) is 2.18. The van der Waals surface area contributed by atoms with Crippen molar-refractivity contribution < 1.29 is 19.4 Å². The number of rotatable bonds is 3. The highest BCUT2D eigenvalue weighted by Gasteiger charge is 2.02. The minimum atomic E-state index is -0.986. The van der Waals surface area contributed by atoms with Crippen molar-refractivity contribution in [1.29, 1.82) is 0 Å². The molecule has 4 heteroatoms. The lowest BCUT2D eigenvalue weighted by molar-refractivity contribution is -0.145. The van der Waals surface area contributed by atoms with E-state index in [1.807, 2.05) is 0 Å². The summed E-state index contributed by atoms with van der Waals surface area (Å²) in [6, 6.07) is 0. The zero-order valence-corrected chi connectivity index (χ0v) is 6.95. The number of methoxy groups -OCH3 is 1. The minimum Gasteiger partial charge on any atom is -0.481 e. The molecule has 0 radical (unpaired) electrons. The molecule has 0 amide bonds. The molecule has 0 spiro atoms. The molecular formula is C8H12O4. The van der Waals surface area contributed by atoms with Crippen molar-refractivity contribution in [2.24, 2.45) is 0 Å². The summed E-state index contributed by atoms with van der Waals surface area (Å²) in [4.78, 5) is 20.0. The van der Waals surface area contributed by atoms with Crippen LogP contribution in [0.25, 0.3) is 0 Å². The van der Waals surface area contributed by atoms with Gasteiger partial charge in [-0.15, -0.1) is 0 Å². The van der Waals surface area contributed by atoms with Crippen molar-refractivity contribution in [1.82, 2.24) is 0 Å². The molecule has 0 saturated carbocycles. The van der Waals surface area contributed by atoms with E-state index in [4.69, 9.17) is 5.11 Å². The normalized spacial score (nSPS) is 11.1. The lowest BCUT2D eigenvalue weighted by Gasteiger charge is -1.92. The smallest absolute Gasteiger partial charge is 0.306 e. The Labute approximate surface area is 70.8 Å². The molecule has 1 N–H and O–H groups in total. The summed E-state index contributed by atoms with van der Waals surface area (Å²) in [6.07, 6.45) is 5.29. The molecule has 0 aromatic carbocycles. The summed E-state index contributed by atoms with van der Waals surface area (Å²) >= 11 is 0. The van der Waals surface area contributed by atoms with Crippen LogP contribution in [0.4, 0.5) is 0 Å². The number of hydrogen-bond donors (Lipinski definition) is 1. The first-order valence-electron chi connectivity index (χ1n) is 3.60. The van der Waals surface area contributed by atoms with Gasteiger partial charge in [-0.2, -0.15) is 0 Å². The number of esters is 1. The zero-order chi connectivity index (χ0) is 9.40. The van der Waals surface area contributed by atoms with E-state index in [2.05, 4.69) is 16.9 Å². The molecule has 0 aromatic rings. The maximum Gasteiger partial charge on any atom is 0.306 e. The van der Waals surface area contributed by atoms with Gasteiger partial charge in [-0.1, -0.05) is 12.2 Å². The van der Waals surface area contributed by atoms with E-state index in [1.54, 1.807) is 0 Å². The van der Waals surface area contributed by atoms with E-state index in [0.29, 0.717) is 0 Å². The third kappa shape index (κ3) is 11.5. The quantitative estimate of drug-likeness (QED) is 0.509. The monoisotopic (exact) mass is 172 g/mol. The van der Waals surface area contributed by atoms with Gasteiger partial charge in [-0.3, -0.25) is 9.59 Å². The molecule has 0 aliphatic heterocycles. The van der Waals surface area contributed by atoms with Gasteiger partial charge in [0.05, 0.1) is 20.0 Å². The summed E-state index contributed by atoms with van der Waals surface area (Å²) in [5, 5.41) is 8.05. The fourth-order valence-electron chi connectivity index (χ4n) is 0.311. The standard InChI is InChI=1S/C5H8O4.C3H4/c1-9-5(8)3-2-4(6)7;1-2-3-1/h2-3H2,1H3,(H,6,7);1-2H,3H2. The van der Waals surface area contributed by atoms with Gasteiger partial charge in [0.25, 0.3) is 0 Å². The second-order valence-electron chi connectivity index (χ2n) is 2.18. The number of carboxylic acids is 1. The van der Waals surface area contributed by atoms with Crippen LogP contribution in [0.15, 0.2) is 12.2 Å². The fourth-order valence-corrected chi connectivity index (χ4v) is 0.311. The van der Waals surface area contributed by atoms with E-state index in [1.165, 1.54) is 13.5 Å². The Bertz CT molecular complexity index is 179. The van der Waals surface area contributed by atoms with Gasteiger partial charge in [0.1, 0.15) is 0 Å².